The van der Waals surface area contributed by atoms with Gasteiger partial charge in [0.2, 0.25) is 0 Å². The molecule has 0 aliphatic heterocycles. The van der Waals surface area contributed by atoms with E-state index in [1.54, 1.807) is 24.9 Å². The van der Waals surface area contributed by atoms with E-state index in [9.17, 15) is 9.50 Å². The molecule has 2 nitrogen and oxygen atoms in total. The fourth-order valence-corrected chi connectivity index (χ4v) is 3.42. The van der Waals surface area contributed by atoms with E-state index in [1.807, 2.05) is 6.26 Å². The molecule has 0 fully saturated rings. The van der Waals surface area contributed by atoms with Crippen LogP contribution >= 0.6 is 23.7 Å². The van der Waals surface area contributed by atoms with Crippen molar-refractivity contribution in [1.29, 1.82) is 0 Å². The van der Waals surface area contributed by atoms with Crippen LogP contribution in [0, 0.1) is 5.82 Å². The molecule has 0 aliphatic carbocycles. The van der Waals surface area contributed by atoms with Crippen molar-refractivity contribution in [3.63, 3.8) is 0 Å². The Bertz CT molecular complexity index is 662. The number of hydrogen-bond acceptors (Lipinski definition) is 4. The maximum absolute atomic E-state index is 12.7. The molecule has 2 aromatic rings. The summed E-state index contributed by atoms with van der Waals surface area (Å²) in [5.74, 6) is 0.287. The number of aliphatic hydroxyl groups is 1. The number of para-hydroxylation sites is 1. The van der Waals surface area contributed by atoms with Gasteiger partial charge in [0.25, 0.3) is 0 Å². The summed E-state index contributed by atoms with van der Waals surface area (Å²) in [4.78, 5) is 0.923. The quantitative estimate of drug-likeness (QED) is 0.497. The van der Waals surface area contributed by atoms with E-state index in [1.165, 1.54) is 35.1 Å². The van der Waals surface area contributed by atoms with Crippen molar-refractivity contribution in [3.8, 4) is 0 Å². The van der Waals surface area contributed by atoms with Gasteiger partial charge in [0, 0.05) is 18.2 Å². The average molecular weight is 382 g/mol. The molecular weight excluding hydrogens is 353 g/mol. The van der Waals surface area contributed by atoms with Crippen LogP contribution in [0.1, 0.15) is 43.9 Å². The highest BCUT2D eigenvalue weighted by atomic mass is 32.2. The number of hydrogen-bond donors (Lipinski definition) is 1. The van der Waals surface area contributed by atoms with Gasteiger partial charge in [0.1, 0.15) is 5.82 Å². The number of benzene rings is 2. The third kappa shape index (κ3) is 6.57. The third-order valence-corrected chi connectivity index (χ3v) is 5.37. The van der Waals surface area contributed by atoms with Crippen LogP contribution in [0.15, 0.2) is 47.4 Å². The molecule has 138 valence electrons. The van der Waals surface area contributed by atoms with Crippen molar-refractivity contribution in [2.75, 3.05) is 23.9 Å². The van der Waals surface area contributed by atoms with Crippen LogP contribution in [0.25, 0.3) is 0 Å². The average Bonchev–Trinajstić information content (AvgIpc) is 2.61. The van der Waals surface area contributed by atoms with E-state index in [2.05, 4.69) is 55.7 Å². The Morgan fingerprint density at radius 3 is 2.16 bits per heavy atom. The molecule has 2 aromatic carbocycles. The van der Waals surface area contributed by atoms with E-state index in [-0.39, 0.29) is 5.82 Å². The molecule has 0 heterocycles. The number of aliphatic hydroxyl groups excluding tert-OH is 1. The molecule has 1 atom stereocenters. The number of rotatable bonds is 5. The molecule has 0 amide bonds. The summed E-state index contributed by atoms with van der Waals surface area (Å²) in [6, 6.07) is 13.0. The SMILES string of the molecule is CSN(C)c1ccccc1C(C)C.CSc1ccc(F)cc1C(C)O. The number of halogens is 1. The summed E-state index contributed by atoms with van der Waals surface area (Å²) in [5, 5.41) is 9.28. The van der Waals surface area contributed by atoms with Crippen molar-refractivity contribution < 1.29 is 9.50 Å². The van der Waals surface area contributed by atoms with E-state index in [0.29, 0.717) is 11.5 Å². The monoisotopic (exact) mass is 381 g/mol. The van der Waals surface area contributed by atoms with Crippen LogP contribution in [-0.2, 0) is 0 Å². The predicted octanol–water partition coefficient (Wildman–Crippen LogP) is 6.13. The maximum atomic E-state index is 12.7. The topological polar surface area (TPSA) is 23.5 Å². The van der Waals surface area contributed by atoms with Crippen LogP contribution in [0.4, 0.5) is 10.1 Å². The van der Waals surface area contributed by atoms with Crippen LogP contribution in [0.3, 0.4) is 0 Å². The van der Waals surface area contributed by atoms with Gasteiger partial charge >= 0.3 is 0 Å². The lowest BCUT2D eigenvalue weighted by atomic mass is 10.0. The Morgan fingerprint density at radius 1 is 1.00 bits per heavy atom. The van der Waals surface area contributed by atoms with Crippen molar-refractivity contribution in [2.45, 2.75) is 37.7 Å². The molecule has 1 unspecified atom stereocenters. The first-order valence-electron chi connectivity index (χ1n) is 8.20. The maximum Gasteiger partial charge on any atom is 0.123 e. The van der Waals surface area contributed by atoms with Gasteiger partial charge in [-0.05, 0) is 54.5 Å². The molecule has 5 heteroatoms. The molecule has 0 radical (unpaired) electrons. The van der Waals surface area contributed by atoms with Gasteiger partial charge in [0.15, 0.2) is 0 Å². The van der Waals surface area contributed by atoms with Gasteiger partial charge in [-0.15, -0.1) is 11.8 Å². The molecule has 2 rings (SSSR count). The Balaban J connectivity index is 0.000000251. The first kappa shape index (κ1) is 21.9. The zero-order valence-corrected chi connectivity index (χ0v) is 17.4. The lowest BCUT2D eigenvalue weighted by Gasteiger charge is -2.20. The van der Waals surface area contributed by atoms with Crippen LogP contribution in [0.2, 0.25) is 0 Å². The van der Waals surface area contributed by atoms with E-state index in [4.69, 9.17) is 0 Å². The molecule has 0 aromatic heterocycles. The fraction of sp³-hybridized carbons (Fsp3) is 0.400. The van der Waals surface area contributed by atoms with Crippen molar-refractivity contribution in [3.05, 3.63) is 59.4 Å². The highest BCUT2D eigenvalue weighted by Gasteiger charge is 2.08. The minimum Gasteiger partial charge on any atom is -0.389 e. The Labute approximate surface area is 160 Å². The lowest BCUT2D eigenvalue weighted by molar-refractivity contribution is 0.196. The Kier molecular flexibility index (Phi) is 9.39. The van der Waals surface area contributed by atoms with Gasteiger partial charge in [-0.3, -0.25) is 0 Å². The van der Waals surface area contributed by atoms with Gasteiger partial charge in [-0.2, -0.15) is 0 Å². The number of nitrogens with zero attached hydrogens (tertiary/aromatic N) is 1. The summed E-state index contributed by atoms with van der Waals surface area (Å²) in [6.07, 6.45) is 3.39. The molecule has 0 saturated carbocycles. The fourth-order valence-electron chi connectivity index (χ4n) is 2.39. The first-order chi connectivity index (χ1) is 11.8. The standard InChI is InChI=1S/C11H17NS.C9H11FOS/c1-9(2)10-7-5-6-8-11(10)12(3)13-4;1-6(11)8-5-7(10)3-4-9(8)12-2/h5-9H,1-4H3;3-6,11H,1-2H3. The van der Waals surface area contributed by atoms with Gasteiger partial charge in [-0.25, -0.2) is 4.39 Å². The van der Waals surface area contributed by atoms with E-state index >= 15 is 0 Å². The van der Waals surface area contributed by atoms with Crippen LogP contribution < -0.4 is 4.31 Å². The Hall–Kier alpha value is -1.17. The van der Waals surface area contributed by atoms with Crippen molar-refractivity contribution >= 4 is 29.4 Å². The summed E-state index contributed by atoms with van der Waals surface area (Å²) in [5.41, 5.74) is 3.40. The Morgan fingerprint density at radius 2 is 1.64 bits per heavy atom. The van der Waals surface area contributed by atoms with Gasteiger partial charge in [0.05, 0.1) is 11.8 Å². The largest absolute Gasteiger partial charge is 0.389 e. The lowest BCUT2D eigenvalue weighted by Crippen LogP contribution is -2.08. The number of anilines is 1. The summed E-state index contributed by atoms with van der Waals surface area (Å²) >= 11 is 3.25. The molecule has 0 bridgehead atoms. The van der Waals surface area contributed by atoms with Crippen LogP contribution in [0.5, 0.6) is 0 Å². The second-order valence-electron chi connectivity index (χ2n) is 5.96. The normalized spacial score (nSPS) is 11.7. The first-order valence-corrected chi connectivity index (χ1v) is 10.6. The molecular formula is C20H28FNOS2. The minimum absolute atomic E-state index is 0.302. The summed E-state index contributed by atoms with van der Waals surface area (Å²) < 4.78 is 14.9. The zero-order chi connectivity index (χ0) is 19.0. The van der Waals surface area contributed by atoms with Gasteiger partial charge in [-0.1, -0.05) is 44.0 Å². The highest BCUT2D eigenvalue weighted by molar-refractivity contribution is 7.99. The summed E-state index contributed by atoms with van der Waals surface area (Å²) in [7, 11) is 2.10. The molecule has 1 N–H and O–H groups in total. The highest BCUT2D eigenvalue weighted by Crippen LogP contribution is 2.29. The number of thioether (sulfide) groups is 1. The van der Waals surface area contributed by atoms with Crippen molar-refractivity contribution in [2.24, 2.45) is 0 Å². The van der Waals surface area contributed by atoms with Gasteiger partial charge < -0.3 is 9.41 Å². The van der Waals surface area contributed by atoms with E-state index in [0.717, 1.165) is 4.90 Å². The van der Waals surface area contributed by atoms with Crippen LogP contribution in [-0.4, -0.2) is 24.7 Å². The third-order valence-electron chi connectivity index (χ3n) is 3.81. The second kappa shape index (κ2) is 10.7. The van der Waals surface area contributed by atoms with Crippen molar-refractivity contribution in [1.82, 2.24) is 0 Å². The molecule has 0 saturated heterocycles. The molecule has 25 heavy (non-hydrogen) atoms. The second-order valence-corrected chi connectivity index (χ2v) is 7.72. The summed E-state index contributed by atoms with van der Waals surface area (Å²) in [6.45, 7) is 6.09. The predicted molar refractivity (Wildman–Crippen MR) is 111 cm³/mol. The molecule has 0 spiro atoms. The molecule has 0 aliphatic rings. The van der Waals surface area contributed by atoms with E-state index < -0.39 is 6.10 Å². The minimum atomic E-state index is -0.608. The zero-order valence-electron chi connectivity index (χ0n) is 15.8. The smallest absolute Gasteiger partial charge is 0.123 e.